The molecule has 0 radical (unpaired) electrons. The van der Waals surface area contributed by atoms with E-state index < -0.39 is 11.6 Å². The first-order valence-electron chi connectivity index (χ1n) is 6.09. The Balaban J connectivity index is 1.78. The number of hydrogen-bond donors (Lipinski definition) is 2. The lowest BCUT2D eigenvalue weighted by Gasteiger charge is -2.20. The number of rotatable bonds is 3. The van der Waals surface area contributed by atoms with E-state index in [1.165, 1.54) is 12.1 Å². The molecule has 1 aliphatic heterocycles. The molecule has 1 atom stereocenters. The van der Waals surface area contributed by atoms with Crippen LogP contribution in [-0.4, -0.2) is 17.6 Å². The van der Waals surface area contributed by atoms with Crippen molar-refractivity contribution in [1.29, 1.82) is 0 Å². The summed E-state index contributed by atoms with van der Waals surface area (Å²) in [6.45, 7) is 0.501. The van der Waals surface area contributed by atoms with Crippen molar-refractivity contribution in [3.63, 3.8) is 0 Å². The molecule has 19 heavy (non-hydrogen) atoms. The van der Waals surface area contributed by atoms with Crippen molar-refractivity contribution in [2.45, 2.75) is 18.9 Å². The first kappa shape index (κ1) is 11.8. The minimum atomic E-state index is -0.590. The van der Waals surface area contributed by atoms with E-state index in [1.54, 1.807) is 6.26 Å². The number of nitrogens with one attached hydrogen (secondary N) is 2. The van der Waals surface area contributed by atoms with Crippen LogP contribution in [0.3, 0.4) is 0 Å². The van der Waals surface area contributed by atoms with Gasteiger partial charge < -0.3 is 14.5 Å². The molecule has 0 saturated carbocycles. The van der Waals surface area contributed by atoms with Crippen LogP contribution < -0.4 is 11.1 Å². The van der Waals surface area contributed by atoms with Gasteiger partial charge in [0.15, 0.2) is 5.58 Å². The van der Waals surface area contributed by atoms with Crippen LogP contribution in [-0.2, 0) is 4.74 Å². The standard InChI is InChI=1S/C13H13FN2O3/c14-9-5-11-12(19-13(17)16-11)6-10(9)15-7-8-3-1-2-4-18-8/h2,4-6,8,15H,1,3,7H2,(H,16,17). The fourth-order valence-electron chi connectivity index (χ4n) is 2.07. The zero-order valence-corrected chi connectivity index (χ0v) is 10.1. The van der Waals surface area contributed by atoms with E-state index in [0.29, 0.717) is 23.3 Å². The lowest BCUT2D eigenvalue weighted by molar-refractivity contribution is 0.135. The predicted octanol–water partition coefficient (Wildman–Crippen LogP) is 2.36. The van der Waals surface area contributed by atoms with Gasteiger partial charge >= 0.3 is 5.76 Å². The van der Waals surface area contributed by atoms with E-state index in [9.17, 15) is 9.18 Å². The van der Waals surface area contributed by atoms with Gasteiger partial charge in [-0.1, -0.05) is 0 Å². The molecule has 0 aliphatic carbocycles. The summed E-state index contributed by atoms with van der Waals surface area (Å²) in [4.78, 5) is 13.4. The molecule has 0 amide bonds. The third-order valence-electron chi connectivity index (χ3n) is 3.05. The first-order valence-corrected chi connectivity index (χ1v) is 6.09. The SMILES string of the molecule is O=c1[nH]c2cc(F)c(NCC3CCC=CO3)cc2o1. The monoisotopic (exact) mass is 264 g/mol. The summed E-state index contributed by atoms with van der Waals surface area (Å²) in [5.74, 6) is -1.02. The summed E-state index contributed by atoms with van der Waals surface area (Å²) < 4.78 is 24.1. The number of fused-ring (bicyclic) bond motifs is 1. The fourth-order valence-corrected chi connectivity index (χ4v) is 2.07. The number of ether oxygens (including phenoxy) is 1. The Morgan fingerprint density at radius 3 is 3.16 bits per heavy atom. The Morgan fingerprint density at radius 2 is 2.37 bits per heavy atom. The summed E-state index contributed by atoms with van der Waals surface area (Å²) in [6.07, 6.45) is 5.50. The van der Waals surface area contributed by atoms with Crippen LogP contribution in [0.5, 0.6) is 0 Å². The average Bonchev–Trinajstić information content (AvgIpc) is 2.76. The zero-order valence-electron chi connectivity index (χ0n) is 10.1. The highest BCUT2D eigenvalue weighted by Crippen LogP contribution is 2.21. The lowest BCUT2D eigenvalue weighted by Crippen LogP contribution is -2.23. The Bertz CT molecular complexity index is 674. The van der Waals surface area contributed by atoms with Gasteiger partial charge in [0.1, 0.15) is 11.9 Å². The highest BCUT2D eigenvalue weighted by molar-refractivity contribution is 5.77. The van der Waals surface area contributed by atoms with E-state index in [4.69, 9.17) is 9.15 Å². The number of H-pyrrole nitrogens is 1. The molecule has 0 saturated heterocycles. The van der Waals surface area contributed by atoms with Crippen molar-refractivity contribution in [2.75, 3.05) is 11.9 Å². The molecular formula is C13H13FN2O3. The first-order chi connectivity index (χ1) is 9.22. The van der Waals surface area contributed by atoms with E-state index in [1.807, 2.05) is 6.08 Å². The van der Waals surface area contributed by atoms with Gasteiger partial charge in [-0.15, -0.1) is 0 Å². The van der Waals surface area contributed by atoms with Gasteiger partial charge in [0, 0.05) is 12.1 Å². The van der Waals surface area contributed by atoms with Crippen LogP contribution in [0.2, 0.25) is 0 Å². The van der Waals surface area contributed by atoms with Gasteiger partial charge in [-0.25, -0.2) is 9.18 Å². The third-order valence-corrected chi connectivity index (χ3v) is 3.05. The average molecular weight is 264 g/mol. The van der Waals surface area contributed by atoms with Crippen molar-refractivity contribution in [3.05, 3.63) is 40.8 Å². The maximum absolute atomic E-state index is 13.8. The summed E-state index contributed by atoms with van der Waals surface area (Å²) in [7, 11) is 0. The number of anilines is 1. The number of oxazole rings is 1. The van der Waals surface area contributed by atoms with Gasteiger partial charge in [-0.05, 0) is 18.9 Å². The van der Waals surface area contributed by atoms with E-state index in [-0.39, 0.29) is 6.10 Å². The second-order valence-electron chi connectivity index (χ2n) is 4.43. The summed E-state index contributed by atoms with van der Waals surface area (Å²) in [5, 5.41) is 2.97. The number of benzene rings is 1. The van der Waals surface area contributed by atoms with Crippen molar-refractivity contribution in [3.8, 4) is 0 Å². The van der Waals surface area contributed by atoms with Crippen LogP contribution in [0.4, 0.5) is 10.1 Å². The molecule has 1 aromatic carbocycles. The molecule has 2 heterocycles. The van der Waals surface area contributed by atoms with Crippen LogP contribution in [0.25, 0.3) is 11.1 Å². The molecule has 5 nitrogen and oxygen atoms in total. The topological polar surface area (TPSA) is 67.3 Å². The van der Waals surface area contributed by atoms with Crippen LogP contribution in [0, 0.1) is 5.82 Å². The summed E-state index contributed by atoms with van der Waals surface area (Å²) in [6, 6.07) is 2.71. The molecule has 1 aromatic heterocycles. The lowest BCUT2D eigenvalue weighted by atomic mass is 10.1. The molecule has 1 unspecified atom stereocenters. The third kappa shape index (κ3) is 2.47. The van der Waals surface area contributed by atoms with Gasteiger partial charge in [0.25, 0.3) is 0 Å². The second kappa shape index (κ2) is 4.79. The van der Waals surface area contributed by atoms with Crippen molar-refractivity contribution >= 4 is 16.8 Å². The van der Waals surface area contributed by atoms with Gasteiger partial charge in [-0.3, -0.25) is 4.98 Å². The van der Waals surface area contributed by atoms with E-state index >= 15 is 0 Å². The highest BCUT2D eigenvalue weighted by atomic mass is 19.1. The quantitative estimate of drug-likeness (QED) is 0.893. The molecule has 1 aliphatic rings. The highest BCUT2D eigenvalue weighted by Gasteiger charge is 2.13. The smallest absolute Gasteiger partial charge is 0.417 e. The molecular weight excluding hydrogens is 251 g/mol. The normalized spacial score (nSPS) is 18.5. The molecule has 0 fully saturated rings. The summed E-state index contributed by atoms with van der Waals surface area (Å²) in [5.41, 5.74) is 0.983. The maximum atomic E-state index is 13.8. The zero-order chi connectivity index (χ0) is 13.2. The molecule has 0 spiro atoms. The molecule has 2 aromatic rings. The molecule has 0 bridgehead atoms. The number of aromatic nitrogens is 1. The van der Waals surface area contributed by atoms with Crippen molar-refractivity contribution < 1.29 is 13.5 Å². The van der Waals surface area contributed by atoms with E-state index in [0.717, 1.165) is 12.8 Å². The largest absolute Gasteiger partial charge is 0.497 e. The Kier molecular flexibility index (Phi) is 2.98. The van der Waals surface area contributed by atoms with Gasteiger partial charge in [-0.2, -0.15) is 0 Å². The minimum Gasteiger partial charge on any atom is -0.497 e. The Hall–Kier alpha value is -2.24. The van der Waals surface area contributed by atoms with Crippen LogP contribution in [0.15, 0.2) is 33.7 Å². The maximum Gasteiger partial charge on any atom is 0.417 e. The Morgan fingerprint density at radius 1 is 1.47 bits per heavy atom. The Labute approximate surface area is 108 Å². The molecule has 2 N–H and O–H groups in total. The van der Waals surface area contributed by atoms with Crippen molar-refractivity contribution in [1.82, 2.24) is 4.98 Å². The molecule has 100 valence electrons. The second-order valence-corrected chi connectivity index (χ2v) is 4.43. The van der Waals surface area contributed by atoms with Crippen LogP contribution >= 0.6 is 0 Å². The predicted molar refractivity (Wildman–Crippen MR) is 68.5 cm³/mol. The fraction of sp³-hybridized carbons (Fsp3) is 0.308. The van der Waals surface area contributed by atoms with E-state index in [2.05, 4.69) is 10.3 Å². The summed E-state index contributed by atoms with van der Waals surface area (Å²) >= 11 is 0. The van der Waals surface area contributed by atoms with Gasteiger partial charge in [0.05, 0.1) is 24.0 Å². The van der Waals surface area contributed by atoms with Gasteiger partial charge in [0.2, 0.25) is 0 Å². The number of allylic oxidation sites excluding steroid dienone is 1. The molecule has 6 heteroatoms. The van der Waals surface area contributed by atoms with Crippen molar-refractivity contribution in [2.24, 2.45) is 0 Å². The van der Waals surface area contributed by atoms with Crippen LogP contribution in [0.1, 0.15) is 12.8 Å². The number of aromatic amines is 1. The number of halogens is 1. The molecule has 3 rings (SSSR count). The minimum absolute atomic E-state index is 0.0262. The number of hydrogen-bond acceptors (Lipinski definition) is 4.